The van der Waals surface area contributed by atoms with E-state index in [9.17, 15) is 4.79 Å². The molecule has 1 amide bonds. The van der Waals surface area contributed by atoms with Crippen molar-refractivity contribution >= 4 is 28.4 Å². The van der Waals surface area contributed by atoms with Crippen LogP contribution in [0.3, 0.4) is 0 Å². The molecule has 0 radical (unpaired) electrons. The van der Waals surface area contributed by atoms with Crippen molar-refractivity contribution in [2.75, 3.05) is 27.4 Å². The summed E-state index contributed by atoms with van der Waals surface area (Å²) in [6, 6.07) is 13.4. The number of carbonyl (C=O) groups excluding carboxylic acids is 1. The quantitative estimate of drug-likeness (QED) is 0.523. The summed E-state index contributed by atoms with van der Waals surface area (Å²) in [4.78, 5) is 19.5. The number of ether oxygens (including phenoxy) is 2. The van der Waals surface area contributed by atoms with Gasteiger partial charge >= 0.3 is 0 Å². The van der Waals surface area contributed by atoms with Gasteiger partial charge in [0.05, 0.1) is 24.8 Å². The Hall–Kier alpha value is -2.63. The van der Waals surface area contributed by atoms with Gasteiger partial charge in [-0.15, -0.1) is 0 Å². The van der Waals surface area contributed by atoms with Crippen LogP contribution < -0.4 is 4.74 Å². The molecular formula is C23H25ClN2O3. The van der Waals surface area contributed by atoms with E-state index in [0.29, 0.717) is 36.2 Å². The summed E-state index contributed by atoms with van der Waals surface area (Å²) in [5.74, 6) is 0.394. The molecule has 0 atom stereocenters. The number of rotatable bonds is 7. The molecule has 0 aliphatic rings. The standard InChI is InChI=1S/C23H25ClN2O3/c1-15-11-16(2)21-17(12-15)13-18(22(24)25-21)14-26(9-10-28-3)23(27)19-7-5-6-8-20(19)29-4/h5-8,11-13H,9-10,14H2,1-4H3. The number of aromatic nitrogens is 1. The normalized spacial score (nSPS) is 10.9. The molecule has 0 fully saturated rings. The van der Waals surface area contributed by atoms with Crippen LogP contribution >= 0.6 is 11.6 Å². The number of halogens is 1. The number of amides is 1. The second kappa shape index (κ2) is 9.25. The number of fused-ring (bicyclic) bond motifs is 1. The highest BCUT2D eigenvalue weighted by Gasteiger charge is 2.21. The molecule has 1 heterocycles. The Morgan fingerprint density at radius 3 is 2.62 bits per heavy atom. The van der Waals surface area contributed by atoms with Gasteiger partial charge in [-0.2, -0.15) is 0 Å². The number of methoxy groups -OCH3 is 2. The van der Waals surface area contributed by atoms with E-state index in [4.69, 9.17) is 21.1 Å². The van der Waals surface area contributed by atoms with E-state index in [1.54, 1.807) is 31.3 Å². The molecule has 3 rings (SSSR count). The number of aryl methyl sites for hydroxylation is 2. The van der Waals surface area contributed by atoms with E-state index < -0.39 is 0 Å². The Morgan fingerprint density at radius 2 is 1.90 bits per heavy atom. The highest BCUT2D eigenvalue weighted by atomic mass is 35.5. The number of hydrogen-bond acceptors (Lipinski definition) is 4. The van der Waals surface area contributed by atoms with Gasteiger partial charge in [0.2, 0.25) is 0 Å². The number of carbonyl (C=O) groups is 1. The fraction of sp³-hybridized carbons (Fsp3) is 0.304. The first-order valence-corrected chi connectivity index (χ1v) is 9.80. The molecule has 152 valence electrons. The number of pyridine rings is 1. The second-order valence-electron chi connectivity index (χ2n) is 7.01. The number of benzene rings is 2. The van der Waals surface area contributed by atoms with Crippen LogP contribution in [0.2, 0.25) is 5.15 Å². The lowest BCUT2D eigenvalue weighted by atomic mass is 10.0. The molecular weight excluding hydrogens is 388 g/mol. The Labute approximate surface area is 176 Å². The van der Waals surface area contributed by atoms with Gasteiger partial charge in [0.15, 0.2) is 0 Å². The zero-order chi connectivity index (χ0) is 21.0. The Kier molecular flexibility index (Phi) is 6.72. The Bertz CT molecular complexity index is 1040. The smallest absolute Gasteiger partial charge is 0.257 e. The van der Waals surface area contributed by atoms with Gasteiger partial charge < -0.3 is 14.4 Å². The maximum Gasteiger partial charge on any atom is 0.257 e. The third-order valence-corrected chi connectivity index (χ3v) is 5.16. The average Bonchev–Trinajstić information content (AvgIpc) is 2.71. The zero-order valence-electron chi connectivity index (χ0n) is 17.2. The van der Waals surface area contributed by atoms with Crippen LogP contribution in [0.15, 0.2) is 42.5 Å². The van der Waals surface area contributed by atoms with Crippen LogP contribution in [0.4, 0.5) is 0 Å². The van der Waals surface area contributed by atoms with Gasteiger partial charge in [-0.05, 0) is 43.7 Å². The fourth-order valence-electron chi connectivity index (χ4n) is 3.43. The summed E-state index contributed by atoms with van der Waals surface area (Å²) in [5, 5.41) is 1.41. The molecule has 1 aromatic heterocycles. The van der Waals surface area contributed by atoms with Crippen LogP contribution in [0.5, 0.6) is 5.75 Å². The Balaban J connectivity index is 1.98. The van der Waals surface area contributed by atoms with Crippen molar-refractivity contribution in [2.45, 2.75) is 20.4 Å². The molecule has 6 heteroatoms. The van der Waals surface area contributed by atoms with Crippen LogP contribution in [0, 0.1) is 13.8 Å². The van der Waals surface area contributed by atoms with Crippen LogP contribution in [-0.4, -0.2) is 43.2 Å². The van der Waals surface area contributed by atoms with Crippen molar-refractivity contribution in [3.8, 4) is 5.75 Å². The van der Waals surface area contributed by atoms with Gasteiger partial charge in [0, 0.05) is 31.1 Å². The van der Waals surface area contributed by atoms with E-state index in [-0.39, 0.29) is 5.91 Å². The molecule has 2 aromatic carbocycles. The minimum atomic E-state index is -0.143. The molecule has 5 nitrogen and oxygen atoms in total. The fourth-order valence-corrected chi connectivity index (χ4v) is 3.63. The number of para-hydroxylation sites is 1. The van der Waals surface area contributed by atoms with E-state index in [2.05, 4.69) is 24.0 Å². The van der Waals surface area contributed by atoms with Crippen molar-refractivity contribution in [2.24, 2.45) is 0 Å². The largest absolute Gasteiger partial charge is 0.496 e. The topological polar surface area (TPSA) is 51.7 Å². The summed E-state index contributed by atoms with van der Waals surface area (Å²) >= 11 is 6.50. The SMILES string of the molecule is COCCN(Cc1cc2cc(C)cc(C)c2nc1Cl)C(=O)c1ccccc1OC. The maximum absolute atomic E-state index is 13.2. The molecule has 0 spiro atoms. The molecule has 0 N–H and O–H groups in total. The van der Waals surface area contributed by atoms with Crippen LogP contribution in [-0.2, 0) is 11.3 Å². The molecule has 0 bridgehead atoms. The maximum atomic E-state index is 13.2. The second-order valence-corrected chi connectivity index (χ2v) is 7.37. The van der Waals surface area contributed by atoms with Crippen LogP contribution in [0.1, 0.15) is 27.0 Å². The molecule has 29 heavy (non-hydrogen) atoms. The third-order valence-electron chi connectivity index (χ3n) is 4.83. The molecule has 3 aromatic rings. The van der Waals surface area contributed by atoms with Crippen molar-refractivity contribution in [1.82, 2.24) is 9.88 Å². The minimum Gasteiger partial charge on any atom is -0.496 e. The summed E-state index contributed by atoms with van der Waals surface area (Å²) in [6.45, 7) is 5.24. The van der Waals surface area contributed by atoms with Gasteiger partial charge in [-0.25, -0.2) is 4.98 Å². The highest BCUT2D eigenvalue weighted by Crippen LogP contribution is 2.27. The van der Waals surface area contributed by atoms with Crippen molar-refractivity contribution < 1.29 is 14.3 Å². The predicted octanol–water partition coefficient (Wildman–Crippen LogP) is 4.80. The monoisotopic (exact) mass is 412 g/mol. The zero-order valence-corrected chi connectivity index (χ0v) is 17.9. The molecule has 0 saturated heterocycles. The lowest BCUT2D eigenvalue weighted by Crippen LogP contribution is -2.33. The summed E-state index contributed by atoms with van der Waals surface area (Å²) in [7, 11) is 3.17. The van der Waals surface area contributed by atoms with E-state index >= 15 is 0 Å². The lowest BCUT2D eigenvalue weighted by Gasteiger charge is -2.24. The predicted molar refractivity (Wildman–Crippen MR) is 116 cm³/mol. The van der Waals surface area contributed by atoms with E-state index in [1.165, 1.54) is 0 Å². The van der Waals surface area contributed by atoms with Gasteiger partial charge in [0.25, 0.3) is 5.91 Å². The molecule has 0 aliphatic carbocycles. The van der Waals surface area contributed by atoms with Gasteiger partial charge in [0.1, 0.15) is 10.9 Å². The van der Waals surface area contributed by atoms with Crippen molar-refractivity contribution in [3.05, 3.63) is 69.9 Å². The summed E-state index contributed by atoms with van der Waals surface area (Å²) in [5.41, 5.74) is 4.41. The van der Waals surface area contributed by atoms with Crippen molar-refractivity contribution in [3.63, 3.8) is 0 Å². The van der Waals surface area contributed by atoms with Gasteiger partial charge in [-0.3, -0.25) is 4.79 Å². The molecule has 0 saturated carbocycles. The first-order valence-electron chi connectivity index (χ1n) is 9.42. The first-order chi connectivity index (χ1) is 13.9. The highest BCUT2D eigenvalue weighted by molar-refractivity contribution is 6.30. The van der Waals surface area contributed by atoms with Gasteiger partial charge in [-0.1, -0.05) is 35.4 Å². The van der Waals surface area contributed by atoms with E-state index in [1.807, 2.05) is 25.1 Å². The third kappa shape index (κ3) is 4.69. The summed E-state index contributed by atoms with van der Waals surface area (Å²) < 4.78 is 10.6. The Morgan fingerprint density at radius 1 is 1.14 bits per heavy atom. The minimum absolute atomic E-state index is 0.143. The number of nitrogens with zero attached hydrogens (tertiary/aromatic N) is 2. The van der Waals surface area contributed by atoms with Crippen LogP contribution in [0.25, 0.3) is 10.9 Å². The molecule has 0 unspecified atom stereocenters. The number of hydrogen-bond donors (Lipinski definition) is 0. The lowest BCUT2D eigenvalue weighted by molar-refractivity contribution is 0.0677. The van der Waals surface area contributed by atoms with E-state index in [0.717, 1.165) is 27.6 Å². The first kappa shape index (κ1) is 21.1. The average molecular weight is 413 g/mol. The van der Waals surface area contributed by atoms with Crippen molar-refractivity contribution in [1.29, 1.82) is 0 Å². The molecule has 0 aliphatic heterocycles. The summed E-state index contributed by atoms with van der Waals surface area (Å²) in [6.07, 6.45) is 0.